The summed E-state index contributed by atoms with van der Waals surface area (Å²) in [4.78, 5) is 11.8. The molecule has 0 saturated carbocycles. The van der Waals surface area contributed by atoms with Crippen molar-refractivity contribution in [1.29, 1.82) is 0 Å². The van der Waals surface area contributed by atoms with Gasteiger partial charge in [-0.2, -0.15) is 5.10 Å². The van der Waals surface area contributed by atoms with Gasteiger partial charge in [-0.15, -0.1) is 0 Å². The minimum Gasteiger partial charge on any atom is -0.338 e. The molecule has 1 N–H and O–H groups in total. The van der Waals surface area contributed by atoms with Crippen LogP contribution >= 0.6 is 0 Å². The Morgan fingerprint density at radius 2 is 2.00 bits per heavy atom. The smallest absolute Gasteiger partial charge is 0.296 e. The van der Waals surface area contributed by atoms with Gasteiger partial charge in [0.05, 0.1) is 17.9 Å². The van der Waals surface area contributed by atoms with E-state index in [-0.39, 0.29) is 17.4 Å². The minimum absolute atomic E-state index is 0.000279. The lowest BCUT2D eigenvalue weighted by atomic mass is 9.87. The number of carbonyl (C=O) groups excluding carboxylic acids is 1. The first kappa shape index (κ1) is 17.3. The minimum atomic E-state index is -0.220. The van der Waals surface area contributed by atoms with Crippen molar-refractivity contribution >= 4 is 5.91 Å². The van der Waals surface area contributed by atoms with Gasteiger partial charge in [-0.3, -0.25) is 4.79 Å². The largest absolute Gasteiger partial charge is 0.338 e. The summed E-state index contributed by atoms with van der Waals surface area (Å²) in [6.45, 7) is 8.31. The number of nitrogens with zero attached hydrogens (tertiary/aromatic N) is 2. The van der Waals surface area contributed by atoms with Gasteiger partial charge in [0.1, 0.15) is 0 Å². The normalized spacial score (nSPS) is 16.6. The van der Waals surface area contributed by atoms with E-state index in [1.807, 2.05) is 10.9 Å². The van der Waals surface area contributed by atoms with Crippen molar-refractivity contribution in [2.45, 2.75) is 58.4 Å². The maximum absolute atomic E-state index is 11.8. The van der Waals surface area contributed by atoms with E-state index in [9.17, 15) is 4.79 Å². The molecule has 1 atom stereocenters. The third kappa shape index (κ3) is 3.61. The molecule has 1 aliphatic rings. The Morgan fingerprint density at radius 1 is 1.28 bits per heavy atom. The van der Waals surface area contributed by atoms with E-state index in [2.05, 4.69) is 67.3 Å². The van der Waals surface area contributed by atoms with Crippen LogP contribution in [-0.4, -0.2) is 15.7 Å². The molecular formula is C21H25N3O. The fourth-order valence-corrected chi connectivity index (χ4v) is 3.34. The van der Waals surface area contributed by atoms with Crippen molar-refractivity contribution in [1.82, 2.24) is 15.1 Å². The van der Waals surface area contributed by atoms with Gasteiger partial charge in [-0.05, 0) is 55.2 Å². The molecule has 1 amide bonds. The Balaban J connectivity index is 1.89. The van der Waals surface area contributed by atoms with Crippen LogP contribution in [0.15, 0.2) is 30.5 Å². The molecule has 1 aliphatic carbocycles. The third-order valence-electron chi connectivity index (χ3n) is 4.70. The monoisotopic (exact) mass is 335 g/mol. The van der Waals surface area contributed by atoms with Gasteiger partial charge in [-0.25, -0.2) is 4.68 Å². The third-order valence-corrected chi connectivity index (χ3v) is 4.70. The van der Waals surface area contributed by atoms with Crippen LogP contribution in [0.4, 0.5) is 0 Å². The Bertz CT molecular complexity index is 829. The molecule has 130 valence electrons. The molecule has 3 rings (SSSR count). The van der Waals surface area contributed by atoms with Gasteiger partial charge in [0.25, 0.3) is 5.91 Å². The summed E-state index contributed by atoms with van der Waals surface area (Å²) in [5.41, 5.74) is 4.80. The van der Waals surface area contributed by atoms with Crippen LogP contribution in [0.1, 0.15) is 63.4 Å². The van der Waals surface area contributed by atoms with Gasteiger partial charge in [0.15, 0.2) is 0 Å². The summed E-state index contributed by atoms with van der Waals surface area (Å²) >= 11 is 0. The summed E-state index contributed by atoms with van der Waals surface area (Å²) in [6.07, 6.45) is 4.82. The summed E-state index contributed by atoms with van der Waals surface area (Å²) in [6, 6.07) is 8.58. The molecule has 0 unspecified atom stereocenters. The SMILES string of the molecule is CC#CC(=O)N[C@@H]1CCCc2c1cnn2-c1ccc(C(C)(C)C)cc1. The van der Waals surface area contributed by atoms with Crippen LogP contribution in [0.5, 0.6) is 0 Å². The highest BCUT2D eigenvalue weighted by Crippen LogP contribution is 2.31. The van der Waals surface area contributed by atoms with Crippen molar-refractivity contribution < 1.29 is 4.79 Å². The van der Waals surface area contributed by atoms with Crippen LogP contribution < -0.4 is 5.32 Å². The number of nitrogens with one attached hydrogen (secondary N) is 1. The predicted octanol–water partition coefficient (Wildman–Crippen LogP) is 3.69. The molecule has 4 nitrogen and oxygen atoms in total. The van der Waals surface area contributed by atoms with Gasteiger partial charge in [0, 0.05) is 11.3 Å². The predicted molar refractivity (Wildman–Crippen MR) is 99.5 cm³/mol. The lowest BCUT2D eigenvalue weighted by Crippen LogP contribution is -2.29. The molecule has 4 heteroatoms. The molecule has 0 bridgehead atoms. The molecule has 0 radical (unpaired) electrons. The quantitative estimate of drug-likeness (QED) is 0.851. The highest BCUT2D eigenvalue weighted by molar-refractivity contribution is 5.93. The molecule has 0 fully saturated rings. The first-order valence-corrected chi connectivity index (χ1v) is 8.81. The second kappa shape index (κ2) is 6.76. The summed E-state index contributed by atoms with van der Waals surface area (Å²) in [5.74, 6) is 4.98. The van der Waals surface area contributed by atoms with Crippen molar-refractivity contribution in [3.63, 3.8) is 0 Å². The Morgan fingerprint density at radius 3 is 2.64 bits per heavy atom. The number of fused-ring (bicyclic) bond motifs is 1. The van der Waals surface area contributed by atoms with Crippen LogP contribution in [0, 0.1) is 11.8 Å². The van der Waals surface area contributed by atoms with E-state index in [1.165, 1.54) is 11.3 Å². The topological polar surface area (TPSA) is 46.9 Å². The van der Waals surface area contributed by atoms with Crippen LogP contribution in [0.3, 0.4) is 0 Å². The van der Waals surface area contributed by atoms with Crippen molar-refractivity contribution in [2.75, 3.05) is 0 Å². The number of hydrogen-bond acceptors (Lipinski definition) is 2. The number of benzene rings is 1. The summed E-state index contributed by atoms with van der Waals surface area (Å²) < 4.78 is 2.01. The van der Waals surface area contributed by atoms with Crippen molar-refractivity contribution in [3.05, 3.63) is 47.3 Å². The maximum atomic E-state index is 11.8. The number of aromatic nitrogens is 2. The Kier molecular flexibility index (Phi) is 4.67. The van der Waals surface area contributed by atoms with E-state index >= 15 is 0 Å². The van der Waals surface area contributed by atoms with Gasteiger partial charge in [0.2, 0.25) is 0 Å². The van der Waals surface area contributed by atoms with E-state index in [0.29, 0.717) is 0 Å². The van der Waals surface area contributed by atoms with E-state index in [1.54, 1.807) is 6.92 Å². The molecular weight excluding hydrogens is 310 g/mol. The Labute approximate surface area is 149 Å². The molecule has 1 aromatic carbocycles. The first-order chi connectivity index (χ1) is 11.9. The van der Waals surface area contributed by atoms with Crippen LogP contribution in [-0.2, 0) is 16.6 Å². The molecule has 0 saturated heterocycles. The van der Waals surface area contributed by atoms with Crippen molar-refractivity contribution in [3.8, 4) is 17.5 Å². The Hall–Kier alpha value is -2.54. The highest BCUT2D eigenvalue weighted by Gasteiger charge is 2.25. The van der Waals surface area contributed by atoms with E-state index in [4.69, 9.17) is 0 Å². The van der Waals surface area contributed by atoms with Crippen molar-refractivity contribution in [2.24, 2.45) is 0 Å². The summed E-state index contributed by atoms with van der Waals surface area (Å²) in [7, 11) is 0. The molecule has 1 aromatic heterocycles. The molecule has 25 heavy (non-hydrogen) atoms. The highest BCUT2D eigenvalue weighted by atomic mass is 16.1. The van der Waals surface area contributed by atoms with Gasteiger partial charge in [-0.1, -0.05) is 38.8 Å². The summed E-state index contributed by atoms with van der Waals surface area (Å²) in [5, 5.41) is 7.60. The van der Waals surface area contributed by atoms with Gasteiger partial charge < -0.3 is 5.32 Å². The molecule has 0 aliphatic heterocycles. The molecule has 2 aromatic rings. The zero-order chi connectivity index (χ0) is 18.0. The zero-order valence-corrected chi connectivity index (χ0v) is 15.4. The lowest BCUT2D eigenvalue weighted by molar-refractivity contribution is -0.116. The fraction of sp³-hybridized carbons (Fsp3) is 0.429. The zero-order valence-electron chi connectivity index (χ0n) is 15.4. The standard InChI is InChI=1S/C21H25N3O/c1-5-7-20(25)23-18-8-6-9-19-17(18)14-22-24(19)16-12-10-15(11-13-16)21(2,3)4/h10-14,18H,6,8-9H2,1-4H3,(H,23,25)/t18-/m1/s1. The second-order valence-corrected chi connectivity index (χ2v) is 7.55. The molecule has 1 heterocycles. The number of rotatable bonds is 2. The fourth-order valence-electron chi connectivity index (χ4n) is 3.34. The second-order valence-electron chi connectivity index (χ2n) is 7.55. The number of hydrogen-bond donors (Lipinski definition) is 1. The number of amides is 1. The maximum Gasteiger partial charge on any atom is 0.296 e. The average Bonchev–Trinajstić information content (AvgIpc) is 2.99. The lowest BCUT2D eigenvalue weighted by Gasteiger charge is -2.23. The van der Waals surface area contributed by atoms with Crippen LogP contribution in [0.25, 0.3) is 5.69 Å². The van der Waals surface area contributed by atoms with E-state index in [0.717, 1.165) is 30.5 Å². The molecule has 0 spiro atoms. The van der Waals surface area contributed by atoms with Crippen LogP contribution in [0.2, 0.25) is 0 Å². The average molecular weight is 335 g/mol. The van der Waals surface area contributed by atoms with Gasteiger partial charge >= 0.3 is 0 Å². The first-order valence-electron chi connectivity index (χ1n) is 8.81. The van der Waals surface area contributed by atoms with E-state index < -0.39 is 0 Å². The number of carbonyl (C=O) groups is 1.